The van der Waals surface area contributed by atoms with Crippen molar-refractivity contribution in [3.63, 3.8) is 0 Å². The van der Waals surface area contributed by atoms with Crippen LogP contribution < -0.4 is 0 Å². The highest BCUT2D eigenvalue weighted by Gasteiger charge is 2.35. The van der Waals surface area contributed by atoms with Crippen molar-refractivity contribution in [2.45, 2.75) is 64.5 Å². The fourth-order valence-corrected chi connectivity index (χ4v) is 5.84. The molecule has 4 aromatic rings. The summed E-state index contributed by atoms with van der Waals surface area (Å²) in [5, 5.41) is 0. The molecule has 1 aliphatic rings. The molecule has 50 heavy (non-hydrogen) atoms. The Hall–Kier alpha value is -5.12. The summed E-state index contributed by atoms with van der Waals surface area (Å²) >= 11 is 0. The number of likely N-dealkylation sites (tertiary alicyclic amines) is 1. The predicted molar refractivity (Wildman–Crippen MR) is 185 cm³/mol. The van der Waals surface area contributed by atoms with Gasteiger partial charge in [0.15, 0.2) is 0 Å². The van der Waals surface area contributed by atoms with E-state index in [2.05, 4.69) is 0 Å². The summed E-state index contributed by atoms with van der Waals surface area (Å²) in [6.45, 7) is 6.21. The van der Waals surface area contributed by atoms with E-state index < -0.39 is 29.4 Å². The van der Waals surface area contributed by atoms with Crippen molar-refractivity contribution in [2.75, 3.05) is 19.6 Å². The first-order chi connectivity index (χ1) is 23.8. The van der Waals surface area contributed by atoms with Gasteiger partial charge in [-0.3, -0.25) is 9.59 Å². The van der Waals surface area contributed by atoms with Crippen LogP contribution in [0.2, 0.25) is 0 Å². The van der Waals surface area contributed by atoms with Crippen molar-refractivity contribution >= 4 is 18.0 Å². The summed E-state index contributed by atoms with van der Waals surface area (Å²) in [7, 11) is 0. The first-order valence-corrected chi connectivity index (χ1v) is 16.6. The lowest BCUT2D eigenvalue weighted by Crippen LogP contribution is -2.47. The molecule has 10 heteroatoms. The van der Waals surface area contributed by atoms with Crippen LogP contribution in [-0.2, 0) is 27.1 Å². The van der Waals surface area contributed by atoms with Crippen LogP contribution >= 0.6 is 0 Å². The Balaban J connectivity index is 1.26. The average molecular weight is 687 g/mol. The van der Waals surface area contributed by atoms with Crippen molar-refractivity contribution in [3.8, 4) is 22.3 Å². The number of alkyl halides is 3. The Morgan fingerprint density at radius 1 is 0.780 bits per heavy atom. The molecule has 0 unspecified atom stereocenters. The van der Waals surface area contributed by atoms with Gasteiger partial charge in [0.05, 0.1) is 18.0 Å². The van der Waals surface area contributed by atoms with Gasteiger partial charge in [0.25, 0.3) is 5.91 Å². The molecule has 0 aliphatic carbocycles. The maximum Gasteiger partial charge on any atom is 0.416 e. The average Bonchev–Trinajstić information content (AvgIpc) is 3.57. The molecule has 0 aromatic heterocycles. The van der Waals surface area contributed by atoms with Crippen LogP contribution in [0.15, 0.2) is 103 Å². The van der Waals surface area contributed by atoms with Crippen LogP contribution in [0.1, 0.15) is 61.5 Å². The van der Waals surface area contributed by atoms with Crippen molar-refractivity contribution < 1.29 is 37.0 Å². The SMILES string of the molecule is CC(C)(C)OC(=O)N1CCC[C@@H]1CN(CCC(=O)OCc1ccc(-c2ccccc2)cc1)C(=O)c1ccc(-c2ccc(C(F)(F)F)cc2)cc1. The van der Waals surface area contributed by atoms with Gasteiger partial charge in [0.2, 0.25) is 0 Å². The van der Waals surface area contributed by atoms with Crippen LogP contribution in [-0.4, -0.2) is 59.0 Å². The van der Waals surface area contributed by atoms with Gasteiger partial charge in [-0.2, -0.15) is 13.2 Å². The number of ether oxygens (including phenoxy) is 2. The second-order valence-corrected chi connectivity index (χ2v) is 13.3. The van der Waals surface area contributed by atoms with Gasteiger partial charge in [-0.25, -0.2) is 4.79 Å². The van der Waals surface area contributed by atoms with Gasteiger partial charge in [0, 0.05) is 25.2 Å². The minimum atomic E-state index is -4.43. The van der Waals surface area contributed by atoms with Gasteiger partial charge in [-0.05, 0) is 85.7 Å². The molecule has 2 amide bonds. The van der Waals surface area contributed by atoms with Crippen molar-refractivity contribution in [1.82, 2.24) is 9.80 Å². The molecule has 4 aromatic carbocycles. The lowest BCUT2D eigenvalue weighted by Gasteiger charge is -2.32. The Morgan fingerprint density at radius 2 is 1.34 bits per heavy atom. The Bertz CT molecular complexity index is 1750. The maximum absolute atomic E-state index is 13.9. The van der Waals surface area contributed by atoms with E-state index in [1.165, 1.54) is 12.1 Å². The summed E-state index contributed by atoms with van der Waals surface area (Å²) < 4.78 is 50.2. The van der Waals surface area contributed by atoms with E-state index in [1.807, 2.05) is 54.6 Å². The fourth-order valence-electron chi connectivity index (χ4n) is 5.84. The van der Waals surface area contributed by atoms with E-state index in [4.69, 9.17) is 9.47 Å². The molecule has 0 radical (unpaired) electrons. The highest BCUT2D eigenvalue weighted by Crippen LogP contribution is 2.31. The van der Waals surface area contributed by atoms with Crippen LogP contribution in [0.5, 0.6) is 0 Å². The smallest absolute Gasteiger partial charge is 0.416 e. The monoisotopic (exact) mass is 686 g/mol. The normalized spacial score (nSPS) is 14.7. The van der Waals surface area contributed by atoms with E-state index in [-0.39, 0.29) is 38.1 Å². The lowest BCUT2D eigenvalue weighted by atomic mass is 10.0. The highest BCUT2D eigenvalue weighted by atomic mass is 19.4. The summed E-state index contributed by atoms with van der Waals surface area (Å²) in [6.07, 6.45) is -3.53. The number of nitrogens with zero attached hydrogens (tertiary/aromatic N) is 2. The second-order valence-electron chi connectivity index (χ2n) is 13.3. The molecule has 0 spiro atoms. The Labute approximate surface area is 290 Å². The third-order valence-corrected chi connectivity index (χ3v) is 8.45. The molecule has 1 saturated heterocycles. The molecule has 0 bridgehead atoms. The van der Waals surface area contributed by atoms with Crippen LogP contribution in [0.25, 0.3) is 22.3 Å². The molecule has 7 nitrogen and oxygen atoms in total. The largest absolute Gasteiger partial charge is 0.461 e. The van der Waals surface area contributed by atoms with Gasteiger partial charge >= 0.3 is 18.2 Å². The summed E-state index contributed by atoms with van der Waals surface area (Å²) in [5.41, 5.74) is 3.11. The van der Waals surface area contributed by atoms with Crippen LogP contribution in [0.4, 0.5) is 18.0 Å². The molecule has 0 N–H and O–H groups in total. The molecule has 262 valence electrons. The van der Waals surface area contributed by atoms with Crippen molar-refractivity contribution in [2.24, 2.45) is 0 Å². The second kappa shape index (κ2) is 15.6. The van der Waals surface area contributed by atoms with Crippen LogP contribution in [0, 0.1) is 0 Å². The number of carbonyl (C=O) groups is 3. The summed E-state index contributed by atoms with van der Waals surface area (Å²) in [5.74, 6) is -0.813. The number of halogens is 3. The van der Waals surface area contributed by atoms with E-state index in [0.29, 0.717) is 29.7 Å². The standard InChI is InChI=1S/C40H41F3N2O5/c1-39(2,3)50-38(48)45-24-7-10-35(45)26-44(25-23-36(46)49-27-28-11-13-30(14-12-28)29-8-5-4-6-9-29)37(47)33-17-15-31(16-18-33)32-19-21-34(22-20-32)40(41,42)43/h4-6,8-9,11-22,35H,7,10,23-27H2,1-3H3/t35-/m1/s1. The van der Waals surface area contributed by atoms with E-state index in [9.17, 15) is 27.6 Å². The molecule has 5 rings (SSSR count). The summed E-state index contributed by atoms with van der Waals surface area (Å²) in [4.78, 5) is 43.0. The third-order valence-electron chi connectivity index (χ3n) is 8.45. The zero-order chi connectivity index (χ0) is 35.9. The molecule has 0 saturated carbocycles. The molecule has 1 fully saturated rings. The van der Waals surface area contributed by atoms with Gasteiger partial charge in [-0.15, -0.1) is 0 Å². The number of carbonyl (C=O) groups excluding carboxylic acids is 3. The first kappa shape index (κ1) is 36.2. The number of hydrogen-bond donors (Lipinski definition) is 0. The minimum absolute atomic E-state index is 0.0589. The first-order valence-electron chi connectivity index (χ1n) is 16.6. The summed E-state index contributed by atoms with van der Waals surface area (Å²) in [6, 6.07) is 28.8. The Morgan fingerprint density at radius 3 is 1.92 bits per heavy atom. The zero-order valence-electron chi connectivity index (χ0n) is 28.4. The van der Waals surface area contributed by atoms with E-state index >= 15 is 0 Å². The predicted octanol–water partition coefficient (Wildman–Crippen LogP) is 9.01. The number of amides is 2. The minimum Gasteiger partial charge on any atom is -0.461 e. The molecular weight excluding hydrogens is 645 g/mol. The van der Waals surface area contributed by atoms with E-state index in [0.717, 1.165) is 35.2 Å². The number of rotatable bonds is 10. The molecule has 1 atom stereocenters. The van der Waals surface area contributed by atoms with Crippen molar-refractivity contribution in [3.05, 3.63) is 120 Å². The molecule has 1 heterocycles. The molecular formula is C40H41F3N2O5. The number of hydrogen-bond acceptors (Lipinski definition) is 5. The lowest BCUT2D eigenvalue weighted by molar-refractivity contribution is -0.145. The topological polar surface area (TPSA) is 76.2 Å². The van der Waals surface area contributed by atoms with Gasteiger partial charge in [0.1, 0.15) is 12.2 Å². The highest BCUT2D eigenvalue weighted by molar-refractivity contribution is 5.95. The Kier molecular flexibility index (Phi) is 11.3. The molecule has 1 aliphatic heterocycles. The number of benzene rings is 4. The van der Waals surface area contributed by atoms with E-state index in [1.54, 1.807) is 54.8 Å². The van der Waals surface area contributed by atoms with Crippen LogP contribution in [0.3, 0.4) is 0 Å². The third kappa shape index (κ3) is 9.74. The quantitative estimate of drug-likeness (QED) is 0.156. The van der Waals surface area contributed by atoms with Crippen molar-refractivity contribution in [1.29, 1.82) is 0 Å². The zero-order valence-corrected chi connectivity index (χ0v) is 28.4. The van der Waals surface area contributed by atoms with Gasteiger partial charge < -0.3 is 19.3 Å². The number of esters is 1. The van der Waals surface area contributed by atoms with Gasteiger partial charge in [-0.1, -0.05) is 78.9 Å². The maximum atomic E-state index is 13.9. The fraction of sp³-hybridized carbons (Fsp3) is 0.325.